The molecule has 4 heteroatoms. The lowest BCUT2D eigenvalue weighted by Gasteiger charge is -2.09. The molecule has 2 fully saturated rings. The molecule has 0 saturated heterocycles. The number of carboxylic acids is 1. The summed E-state index contributed by atoms with van der Waals surface area (Å²) in [7, 11) is 0. The number of nitrogens with zero attached hydrogens (tertiary/aromatic N) is 2. The molecule has 80 valence electrons. The van der Waals surface area contributed by atoms with E-state index in [0.717, 1.165) is 5.69 Å². The summed E-state index contributed by atoms with van der Waals surface area (Å²) in [4.78, 5) is 11.1. The molecule has 15 heavy (non-hydrogen) atoms. The molecule has 0 bridgehead atoms. The topological polar surface area (TPSA) is 55.1 Å². The zero-order chi connectivity index (χ0) is 10.6. The summed E-state index contributed by atoms with van der Waals surface area (Å²) in [6.07, 6.45) is 5.84. The van der Waals surface area contributed by atoms with E-state index in [2.05, 4.69) is 5.10 Å². The third-order valence-corrected chi connectivity index (χ3v) is 3.51. The smallest absolute Gasteiger partial charge is 0.331 e. The number of aliphatic carboxylic acids is 1. The second-order valence-electron chi connectivity index (χ2n) is 4.73. The Morgan fingerprint density at radius 1 is 1.60 bits per heavy atom. The van der Waals surface area contributed by atoms with Crippen molar-refractivity contribution in [3.05, 3.63) is 17.5 Å². The number of carboxylic acid groups (broad SMARTS) is 1. The zero-order valence-electron chi connectivity index (χ0n) is 8.73. The van der Waals surface area contributed by atoms with Gasteiger partial charge in [0.25, 0.3) is 0 Å². The van der Waals surface area contributed by atoms with Crippen LogP contribution >= 0.6 is 0 Å². The highest BCUT2D eigenvalue weighted by Gasteiger charge is 2.53. The number of rotatable bonds is 3. The summed E-state index contributed by atoms with van der Waals surface area (Å²) >= 11 is 0. The average Bonchev–Trinajstić information content (AvgIpc) is 3.08. The Morgan fingerprint density at radius 3 is 2.73 bits per heavy atom. The van der Waals surface area contributed by atoms with E-state index in [1.807, 2.05) is 13.1 Å². The van der Waals surface area contributed by atoms with E-state index in [4.69, 9.17) is 5.11 Å². The normalized spacial score (nSPS) is 22.7. The van der Waals surface area contributed by atoms with Crippen molar-refractivity contribution >= 4 is 5.97 Å². The van der Waals surface area contributed by atoms with Crippen LogP contribution in [0.5, 0.6) is 0 Å². The van der Waals surface area contributed by atoms with E-state index in [9.17, 15) is 4.79 Å². The van der Waals surface area contributed by atoms with Gasteiger partial charge in [-0.15, -0.1) is 0 Å². The van der Waals surface area contributed by atoms with Gasteiger partial charge in [-0.2, -0.15) is 5.10 Å². The monoisotopic (exact) mass is 206 g/mol. The van der Waals surface area contributed by atoms with Crippen LogP contribution in [0.2, 0.25) is 0 Å². The molecule has 3 rings (SSSR count). The van der Waals surface area contributed by atoms with Gasteiger partial charge >= 0.3 is 5.97 Å². The van der Waals surface area contributed by atoms with Crippen LogP contribution in [0, 0.1) is 6.92 Å². The lowest BCUT2D eigenvalue weighted by atomic mass is 10.2. The molecule has 0 atom stereocenters. The van der Waals surface area contributed by atoms with Crippen LogP contribution in [0.15, 0.2) is 6.20 Å². The fourth-order valence-corrected chi connectivity index (χ4v) is 2.15. The first-order chi connectivity index (χ1) is 7.13. The summed E-state index contributed by atoms with van der Waals surface area (Å²) in [5.74, 6) is -0.101. The lowest BCUT2D eigenvalue weighted by Crippen LogP contribution is -2.27. The highest BCUT2D eigenvalue weighted by Crippen LogP contribution is 2.46. The van der Waals surface area contributed by atoms with Gasteiger partial charge in [-0.1, -0.05) is 0 Å². The highest BCUT2D eigenvalue weighted by atomic mass is 16.4. The molecule has 2 aliphatic carbocycles. The van der Waals surface area contributed by atoms with E-state index in [-0.39, 0.29) is 0 Å². The minimum atomic E-state index is -0.743. The number of aryl methyl sites for hydroxylation is 1. The number of aromatic nitrogens is 2. The van der Waals surface area contributed by atoms with Gasteiger partial charge in [0.05, 0.1) is 5.69 Å². The molecule has 1 aromatic heterocycles. The second-order valence-corrected chi connectivity index (χ2v) is 4.73. The standard InChI is InChI=1S/C11H14N2O2/c1-7-9(8-2-3-8)6-13(12-7)11(4-5-11)10(14)15/h6,8H,2-5H2,1H3,(H,14,15). The quantitative estimate of drug-likeness (QED) is 0.818. The van der Waals surface area contributed by atoms with Gasteiger partial charge in [0.2, 0.25) is 0 Å². The molecule has 1 N–H and O–H groups in total. The van der Waals surface area contributed by atoms with E-state index in [0.29, 0.717) is 18.8 Å². The third-order valence-electron chi connectivity index (χ3n) is 3.51. The Balaban J connectivity index is 1.99. The first-order valence-corrected chi connectivity index (χ1v) is 5.43. The van der Waals surface area contributed by atoms with Crippen molar-refractivity contribution in [2.75, 3.05) is 0 Å². The number of carbonyl (C=O) groups is 1. The maximum atomic E-state index is 11.1. The predicted molar refractivity (Wildman–Crippen MR) is 53.8 cm³/mol. The van der Waals surface area contributed by atoms with E-state index in [1.165, 1.54) is 18.4 Å². The van der Waals surface area contributed by atoms with Gasteiger partial charge < -0.3 is 5.11 Å². The summed E-state index contributed by atoms with van der Waals surface area (Å²) in [5, 5.41) is 13.5. The Kier molecular flexibility index (Phi) is 1.56. The summed E-state index contributed by atoms with van der Waals surface area (Å²) in [5.41, 5.74) is 1.55. The van der Waals surface area contributed by atoms with Gasteiger partial charge in [0.1, 0.15) is 0 Å². The minimum absolute atomic E-state index is 0.642. The molecular weight excluding hydrogens is 192 g/mol. The SMILES string of the molecule is Cc1nn(C2(C(=O)O)CC2)cc1C1CC1. The van der Waals surface area contributed by atoms with Gasteiger partial charge in [-0.05, 0) is 44.1 Å². The van der Waals surface area contributed by atoms with Gasteiger partial charge in [0, 0.05) is 6.20 Å². The van der Waals surface area contributed by atoms with Crippen LogP contribution < -0.4 is 0 Å². The molecule has 2 saturated carbocycles. The Bertz CT molecular complexity index is 428. The molecule has 1 heterocycles. The largest absolute Gasteiger partial charge is 0.479 e. The molecule has 0 unspecified atom stereocenters. The molecule has 0 amide bonds. The van der Waals surface area contributed by atoms with Crippen molar-refractivity contribution in [1.82, 2.24) is 9.78 Å². The molecule has 2 aliphatic rings. The second kappa shape index (κ2) is 2.62. The maximum absolute atomic E-state index is 11.1. The molecular formula is C11H14N2O2. The number of hydrogen-bond donors (Lipinski definition) is 1. The summed E-state index contributed by atoms with van der Waals surface area (Å²) in [6.45, 7) is 1.97. The van der Waals surface area contributed by atoms with Crippen LogP contribution in [0.25, 0.3) is 0 Å². The zero-order valence-corrected chi connectivity index (χ0v) is 8.73. The highest BCUT2D eigenvalue weighted by molar-refractivity contribution is 5.79. The third kappa shape index (κ3) is 1.20. The lowest BCUT2D eigenvalue weighted by molar-refractivity contribution is -0.142. The van der Waals surface area contributed by atoms with Crippen LogP contribution in [-0.4, -0.2) is 20.9 Å². The summed E-state index contributed by atoms with van der Waals surface area (Å²) < 4.78 is 1.68. The van der Waals surface area contributed by atoms with Gasteiger partial charge in [-0.3, -0.25) is 4.68 Å². The first kappa shape index (κ1) is 8.95. The van der Waals surface area contributed by atoms with Crippen LogP contribution in [0.4, 0.5) is 0 Å². The minimum Gasteiger partial charge on any atom is -0.479 e. The summed E-state index contributed by atoms with van der Waals surface area (Å²) in [6, 6.07) is 0. The van der Waals surface area contributed by atoms with Crippen LogP contribution in [0.1, 0.15) is 42.9 Å². The van der Waals surface area contributed by atoms with Crippen molar-refractivity contribution < 1.29 is 9.90 Å². The van der Waals surface area contributed by atoms with Crippen LogP contribution in [-0.2, 0) is 10.3 Å². The molecule has 0 aliphatic heterocycles. The van der Waals surface area contributed by atoms with E-state index < -0.39 is 11.5 Å². The Hall–Kier alpha value is -1.32. The fraction of sp³-hybridized carbons (Fsp3) is 0.636. The average molecular weight is 206 g/mol. The van der Waals surface area contributed by atoms with Crippen molar-refractivity contribution in [1.29, 1.82) is 0 Å². The van der Waals surface area contributed by atoms with Crippen molar-refractivity contribution in [2.24, 2.45) is 0 Å². The maximum Gasteiger partial charge on any atom is 0.331 e. The Labute approximate surface area is 87.9 Å². The molecule has 4 nitrogen and oxygen atoms in total. The molecule has 0 radical (unpaired) electrons. The van der Waals surface area contributed by atoms with E-state index in [1.54, 1.807) is 4.68 Å². The van der Waals surface area contributed by atoms with Crippen molar-refractivity contribution in [2.45, 2.75) is 44.1 Å². The molecule has 0 spiro atoms. The van der Waals surface area contributed by atoms with Gasteiger partial charge in [-0.25, -0.2) is 4.79 Å². The Morgan fingerprint density at radius 2 is 2.27 bits per heavy atom. The van der Waals surface area contributed by atoms with Crippen LogP contribution in [0.3, 0.4) is 0 Å². The van der Waals surface area contributed by atoms with Crippen molar-refractivity contribution in [3.8, 4) is 0 Å². The number of hydrogen-bond acceptors (Lipinski definition) is 2. The molecule has 1 aromatic rings. The molecule has 0 aromatic carbocycles. The first-order valence-electron chi connectivity index (χ1n) is 5.43. The predicted octanol–water partition coefficient (Wildman–Crippen LogP) is 1.64. The van der Waals surface area contributed by atoms with Crippen molar-refractivity contribution in [3.63, 3.8) is 0 Å². The van der Waals surface area contributed by atoms with E-state index >= 15 is 0 Å². The van der Waals surface area contributed by atoms with Gasteiger partial charge in [0.15, 0.2) is 5.54 Å². The fourth-order valence-electron chi connectivity index (χ4n) is 2.15.